The van der Waals surface area contributed by atoms with Crippen LogP contribution in [0.4, 0.5) is 0 Å². The van der Waals surface area contributed by atoms with E-state index in [1.807, 2.05) is 0 Å². The van der Waals surface area contributed by atoms with Crippen LogP contribution in [-0.4, -0.2) is 26.2 Å². The second-order valence-electron chi connectivity index (χ2n) is 3.98. The molecule has 4 heteroatoms. The molecule has 0 aromatic heterocycles. The van der Waals surface area contributed by atoms with Crippen LogP contribution < -0.4 is 22.9 Å². The average molecular weight is 232 g/mol. The Morgan fingerprint density at radius 2 is 0.562 bits per heavy atom. The van der Waals surface area contributed by atoms with E-state index in [0.717, 1.165) is 13.1 Å². The van der Waals surface area contributed by atoms with E-state index in [-0.39, 0.29) is 0 Å². The quantitative estimate of drug-likeness (QED) is 0.421. The lowest BCUT2D eigenvalue weighted by Crippen LogP contribution is -2.11. The molecular weight excluding hydrogens is 200 g/mol. The molecule has 0 aromatic carbocycles. The van der Waals surface area contributed by atoms with Gasteiger partial charge in [-0.1, -0.05) is 38.5 Å². The van der Waals surface area contributed by atoms with E-state index in [4.69, 9.17) is 22.9 Å². The fourth-order valence-electron chi connectivity index (χ4n) is 1.35. The van der Waals surface area contributed by atoms with Crippen LogP contribution in [0.3, 0.4) is 0 Å². The number of hydrogen-bond donors (Lipinski definition) is 4. The van der Waals surface area contributed by atoms with Gasteiger partial charge >= 0.3 is 0 Å². The molecule has 0 amide bonds. The molecule has 0 unspecified atom stereocenters. The highest BCUT2D eigenvalue weighted by Crippen LogP contribution is 2.07. The molecule has 100 valence electrons. The predicted octanol–water partition coefficient (Wildman–Crippen LogP) is 0.928. The molecule has 0 spiro atoms. The monoisotopic (exact) mass is 232 g/mol. The molecule has 0 atom stereocenters. The van der Waals surface area contributed by atoms with Crippen molar-refractivity contribution in [1.82, 2.24) is 0 Å². The number of hydrogen-bond acceptors (Lipinski definition) is 4. The van der Waals surface area contributed by atoms with Gasteiger partial charge in [-0.15, -0.1) is 0 Å². The third kappa shape index (κ3) is 23.6. The van der Waals surface area contributed by atoms with Gasteiger partial charge in [-0.05, 0) is 25.9 Å². The van der Waals surface area contributed by atoms with Crippen molar-refractivity contribution in [3.63, 3.8) is 0 Å². The molecule has 4 nitrogen and oxygen atoms in total. The first-order valence-electron chi connectivity index (χ1n) is 6.63. The topological polar surface area (TPSA) is 104 Å². The molecule has 0 aromatic rings. The molecule has 0 aliphatic carbocycles. The second kappa shape index (κ2) is 20.3. The molecule has 0 aliphatic heterocycles. The number of rotatable bonds is 10. The fourth-order valence-corrected chi connectivity index (χ4v) is 1.35. The zero-order valence-corrected chi connectivity index (χ0v) is 10.8. The third-order valence-corrected chi connectivity index (χ3v) is 2.32. The standard InChI is InChI=1S/C10H24N2.C2H8N2/c11-9-7-5-3-1-2-4-6-8-10-12;3-1-2-4/h1-12H2;1-4H2. The summed E-state index contributed by atoms with van der Waals surface area (Å²) < 4.78 is 0. The Kier molecular flexibility index (Phi) is 23.1. The van der Waals surface area contributed by atoms with Gasteiger partial charge in [-0.2, -0.15) is 0 Å². The van der Waals surface area contributed by atoms with Crippen molar-refractivity contribution < 1.29 is 0 Å². The summed E-state index contributed by atoms with van der Waals surface area (Å²) in [5, 5.41) is 0. The second-order valence-corrected chi connectivity index (χ2v) is 3.98. The Labute approximate surface area is 101 Å². The highest BCUT2D eigenvalue weighted by atomic mass is 14.6. The molecule has 0 saturated carbocycles. The fraction of sp³-hybridized carbons (Fsp3) is 1.00. The molecule has 0 aliphatic rings. The van der Waals surface area contributed by atoms with Crippen LogP contribution >= 0.6 is 0 Å². The number of unbranched alkanes of at least 4 members (excludes halogenated alkanes) is 7. The molecule has 0 heterocycles. The van der Waals surface area contributed by atoms with Crippen molar-refractivity contribution in [2.45, 2.75) is 51.4 Å². The Balaban J connectivity index is 0. The smallest absolute Gasteiger partial charge is 0.00461 e. The first-order valence-corrected chi connectivity index (χ1v) is 6.63. The van der Waals surface area contributed by atoms with Gasteiger partial charge in [-0.25, -0.2) is 0 Å². The molecule has 0 saturated heterocycles. The van der Waals surface area contributed by atoms with E-state index < -0.39 is 0 Å². The minimum absolute atomic E-state index is 0.597. The highest BCUT2D eigenvalue weighted by Gasteiger charge is 1.90. The van der Waals surface area contributed by atoms with Crippen molar-refractivity contribution in [2.24, 2.45) is 22.9 Å². The van der Waals surface area contributed by atoms with E-state index in [1.165, 1.54) is 51.4 Å². The normalized spacial score (nSPS) is 9.75. The van der Waals surface area contributed by atoms with Gasteiger partial charge in [0.2, 0.25) is 0 Å². The highest BCUT2D eigenvalue weighted by molar-refractivity contribution is 4.47. The van der Waals surface area contributed by atoms with Crippen LogP contribution in [0.25, 0.3) is 0 Å². The summed E-state index contributed by atoms with van der Waals surface area (Å²) in [6, 6.07) is 0. The van der Waals surface area contributed by atoms with E-state index in [0.29, 0.717) is 13.1 Å². The minimum Gasteiger partial charge on any atom is -0.330 e. The van der Waals surface area contributed by atoms with Crippen LogP contribution in [0.15, 0.2) is 0 Å². The van der Waals surface area contributed by atoms with E-state index >= 15 is 0 Å². The maximum Gasteiger partial charge on any atom is 0.00461 e. The first-order chi connectivity index (χ1) is 7.83. The van der Waals surface area contributed by atoms with Crippen LogP contribution in [0.5, 0.6) is 0 Å². The summed E-state index contributed by atoms with van der Waals surface area (Å²) in [6.45, 7) is 2.90. The van der Waals surface area contributed by atoms with E-state index in [9.17, 15) is 0 Å². The molecule has 16 heavy (non-hydrogen) atoms. The lowest BCUT2D eigenvalue weighted by molar-refractivity contribution is 0.572. The number of nitrogens with two attached hydrogens (primary N) is 4. The lowest BCUT2D eigenvalue weighted by atomic mass is 10.1. The van der Waals surface area contributed by atoms with Crippen molar-refractivity contribution in [1.29, 1.82) is 0 Å². The van der Waals surface area contributed by atoms with Crippen molar-refractivity contribution >= 4 is 0 Å². The maximum absolute atomic E-state index is 5.40. The Morgan fingerprint density at radius 3 is 0.750 bits per heavy atom. The Hall–Kier alpha value is -0.160. The molecular formula is C12H32N4. The average Bonchev–Trinajstić information content (AvgIpc) is 2.33. The van der Waals surface area contributed by atoms with E-state index in [2.05, 4.69) is 0 Å². The zero-order valence-electron chi connectivity index (χ0n) is 10.8. The van der Waals surface area contributed by atoms with Crippen LogP contribution in [0, 0.1) is 0 Å². The summed E-state index contributed by atoms with van der Waals surface area (Å²) in [4.78, 5) is 0. The lowest BCUT2D eigenvalue weighted by Gasteiger charge is -2.00. The van der Waals surface area contributed by atoms with Gasteiger partial charge in [0.1, 0.15) is 0 Å². The summed E-state index contributed by atoms with van der Waals surface area (Å²) >= 11 is 0. The van der Waals surface area contributed by atoms with Gasteiger partial charge in [-0.3, -0.25) is 0 Å². The predicted molar refractivity (Wildman–Crippen MR) is 73.2 cm³/mol. The van der Waals surface area contributed by atoms with Gasteiger partial charge in [0.25, 0.3) is 0 Å². The van der Waals surface area contributed by atoms with Gasteiger partial charge < -0.3 is 22.9 Å². The minimum atomic E-state index is 0.597. The van der Waals surface area contributed by atoms with Crippen molar-refractivity contribution in [3.05, 3.63) is 0 Å². The summed E-state index contributed by atoms with van der Waals surface area (Å²) in [6.07, 6.45) is 10.5. The van der Waals surface area contributed by atoms with Gasteiger partial charge in [0, 0.05) is 13.1 Å². The zero-order chi connectivity index (χ0) is 12.5. The molecule has 0 radical (unpaired) electrons. The maximum atomic E-state index is 5.40. The van der Waals surface area contributed by atoms with Crippen LogP contribution in [0.1, 0.15) is 51.4 Å². The van der Waals surface area contributed by atoms with Crippen molar-refractivity contribution in [2.75, 3.05) is 26.2 Å². The summed E-state index contributed by atoms with van der Waals surface area (Å²) in [5.41, 5.74) is 20.6. The first kappa shape index (κ1) is 18.2. The SMILES string of the molecule is NCCCCCCCCCCN.NCCN. The molecule has 0 fully saturated rings. The largest absolute Gasteiger partial charge is 0.330 e. The summed E-state index contributed by atoms with van der Waals surface area (Å²) in [7, 11) is 0. The van der Waals surface area contributed by atoms with Gasteiger partial charge in [0.05, 0.1) is 0 Å². The Bertz CT molecular complexity index is 87.0. The Morgan fingerprint density at radius 1 is 0.312 bits per heavy atom. The molecule has 0 rings (SSSR count). The molecule has 8 N–H and O–H groups in total. The third-order valence-electron chi connectivity index (χ3n) is 2.32. The molecule has 0 bridgehead atoms. The van der Waals surface area contributed by atoms with Crippen LogP contribution in [-0.2, 0) is 0 Å². The summed E-state index contributed by atoms with van der Waals surface area (Å²) in [5.74, 6) is 0. The van der Waals surface area contributed by atoms with Crippen molar-refractivity contribution in [3.8, 4) is 0 Å². The van der Waals surface area contributed by atoms with Crippen LogP contribution in [0.2, 0.25) is 0 Å². The van der Waals surface area contributed by atoms with Gasteiger partial charge in [0.15, 0.2) is 0 Å². The van der Waals surface area contributed by atoms with E-state index in [1.54, 1.807) is 0 Å².